The zero-order chi connectivity index (χ0) is 8.69. The monoisotopic (exact) mass is 156 g/mol. The van der Waals surface area contributed by atoms with Gasteiger partial charge < -0.3 is 4.74 Å². The van der Waals surface area contributed by atoms with Gasteiger partial charge in [-0.1, -0.05) is 25.0 Å². The number of hydrogen-bond donors (Lipinski definition) is 0. The van der Waals surface area contributed by atoms with Crippen LogP contribution in [0, 0.1) is 0 Å². The van der Waals surface area contributed by atoms with Gasteiger partial charge in [0.25, 0.3) is 0 Å². The molecule has 0 heterocycles. The molecule has 0 aromatic carbocycles. The standard InChI is InChI=1S/C10H20O/c1-5-7-10(11-6-2)8-9(3)4/h8,10H,5-7H2,1-4H3. The number of ether oxygens (including phenoxy) is 1. The van der Waals surface area contributed by atoms with Gasteiger partial charge in [-0.15, -0.1) is 0 Å². The second-order valence-electron chi connectivity index (χ2n) is 3.03. The summed E-state index contributed by atoms with van der Waals surface area (Å²) >= 11 is 0. The molecule has 0 spiro atoms. The van der Waals surface area contributed by atoms with E-state index in [2.05, 4.69) is 26.8 Å². The molecule has 0 saturated heterocycles. The highest BCUT2D eigenvalue weighted by molar-refractivity contribution is 4.98. The molecule has 0 aliphatic heterocycles. The topological polar surface area (TPSA) is 9.23 Å². The van der Waals surface area contributed by atoms with Crippen LogP contribution in [0.4, 0.5) is 0 Å². The predicted octanol–water partition coefficient (Wildman–Crippen LogP) is 3.16. The summed E-state index contributed by atoms with van der Waals surface area (Å²) in [4.78, 5) is 0. The first-order valence-corrected chi connectivity index (χ1v) is 4.47. The van der Waals surface area contributed by atoms with Crippen LogP contribution in [0.15, 0.2) is 11.6 Å². The molecule has 0 rings (SSSR count). The number of rotatable bonds is 5. The summed E-state index contributed by atoms with van der Waals surface area (Å²) in [6.45, 7) is 9.27. The first kappa shape index (κ1) is 10.7. The molecule has 0 aromatic heterocycles. The average molecular weight is 156 g/mol. The Morgan fingerprint density at radius 3 is 2.36 bits per heavy atom. The van der Waals surface area contributed by atoms with Gasteiger partial charge in [0.15, 0.2) is 0 Å². The van der Waals surface area contributed by atoms with Crippen LogP contribution in [0.3, 0.4) is 0 Å². The lowest BCUT2D eigenvalue weighted by Crippen LogP contribution is -2.09. The summed E-state index contributed by atoms with van der Waals surface area (Å²) in [5.74, 6) is 0. The van der Waals surface area contributed by atoms with Gasteiger partial charge in [-0.05, 0) is 27.2 Å². The van der Waals surface area contributed by atoms with Crippen LogP contribution in [0.5, 0.6) is 0 Å². The van der Waals surface area contributed by atoms with Gasteiger partial charge in [-0.2, -0.15) is 0 Å². The van der Waals surface area contributed by atoms with Gasteiger partial charge in [0.1, 0.15) is 0 Å². The molecule has 0 N–H and O–H groups in total. The normalized spacial score (nSPS) is 12.7. The van der Waals surface area contributed by atoms with Gasteiger partial charge in [0, 0.05) is 6.61 Å². The van der Waals surface area contributed by atoms with Gasteiger partial charge in [-0.3, -0.25) is 0 Å². The van der Waals surface area contributed by atoms with E-state index in [1.807, 2.05) is 6.92 Å². The third kappa shape index (κ3) is 6.11. The molecule has 0 aliphatic carbocycles. The van der Waals surface area contributed by atoms with Gasteiger partial charge >= 0.3 is 0 Å². The van der Waals surface area contributed by atoms with E-state index in [1.165, 1.54) is 12.0 Å². The molecule has 1 unspecified atom stereocenters. The smallest absolute Gasteiger partial charge is 0.0757 e. The summed E-state index contributed by atoms with van der Waals surface area (Å²) in [5.41, 5.74) is 1.34. The van der Waals surface area contributed by atoms with Crippen LogP contribution in [0.25, 0.3) is 0 Å². The zero-order valence-electron chi connectivity index (χ0n) is 8.18. The molecular formula is C10H20O. The van der Waals surface area contributed by atoms with Crippen LogP contribution in [-0.2, 0) is 4.74 Å². The van der Waals surface area contributed by atoms with E-state index in [9.17, 15) is 0 Å². The Labute approximate surface area is 70.4 Å². The van der Waals surface area contributed by atoms with Crippen molar-refractivity contribution in [3.8, 4) is 0 Å². The SMILES string of the molecule is CCCC(C=C(C)C)OCC. The zero-order valence-corrected chi connectivity index (χ0v) is 8.18. The summed E-state index contributed by atoms with van der Waals surface area (Å²) < 4.78 is 5.52. The lowest BCUT2D eigenvalue weighted by Gasteiger charge is -2.11. The lowest BCUT2D eigenvalue weighted by molar-refractivity contribution is 0.0893. The highest BCUT2D eigenvalue weighted by Crippen LogP contribution is 2.06. The Hall–Kier alpha value is -0.300. The van der Waals surface area contributed by atoms with E-state index in [1.54, 1.807) is 0 Å². The molecule has 0 fully saturated rings. The Morgan fingerprint density at radius 1 is 1.36 bits per heavy atom. The quantitative estimate of drug-likeness (QED) is 0.555. The van der Waals surface area contributed by atoms with Crippen LogP contribution in [0.1, 0.15) is 40.5 Å². The molecule has 1 nitrogen and oxygen atoms in total. The summed E-state index contributed by atoms with van der Waals surface area (Å²) in [6.07, 6.45) is 4.87. The fourth-order valence-corrected chi connectivity index (χ4v) is 1.09. The third-order valence-electron chi connectivity index (χ3n) is 1.47. The van der Waals surface area contributed by atoms with Crippen molar-refractivity contribution in [3.05, 3.63) is 11.6 Å². The molecule has 0 aliphatic rings. The van der Waals surface area contributed by atoms with E-state index < -0.39 is 0 Å². The average Bonchev–Trinajstić information content (AvgIpc) is 1.87. The maximum Gasteiger partial charge on any atom is 0.0757 e. The molecule has 0 aromatic rings. The Morgan fingerprint density at radius 2 is 2.00 bits per heavy atom. The molecule has 0 amide bonds. The van der Waals surface area contributed by atoms with Gasteiger partial charge in [0.05, 0.1) is 6.10 Å². The molecule has 11 heavy (non-hydrogen) atoms. The lowest BCUT2D eigenvalue weighted by atomic mass is 10.1. The molecule has 1 heteroatoms. The molecule has 0 saturated carbocycles. The van der Waals surface area contributed by atoms with Crippen molar-refractivity contribution in [1.82, 2.24) is 0 Å². The maximum atomic E-state index is 5.52. The minimum absolute atomic E-state index is 0.343. The Kier molecular flexibility index (Phi) is 6.24. The predicted molar refractivity (Wildman–Crippen MR) is 49.8 cm³/mol. The highest BCUT2D eigenvalue weighted by atomic mass is 16.5. The summed E-state index contributed by atoms with van der Waals surface area (Å²) in [5, 5.41) is 0. The van der Waals surface area contributed by atoms with Crippen molar-refractivity contribution < 1.29 is 4.74 Å². The van der Waals surface area contributed by atoms with E-state index in [-0.39, 0.29) is 0 Å². The molecular weight excluding hydrogens is 136 g/mol. The molecule has 0 bridgehead atoms. The van der Waals surface area contributed by atoms with E-state index in [0.29, 0.717) is 6.10 Å². The maximum absolute atomic E-state index is 5.52. The van der Waals surface area contributed by atoms with Crippen LogP contribution in [0.2, 0.25) is 0 Å². The van der Waals surface area contributed by atoms with Crippen LogP contribution >= 0.6 is 0 Å². The fourth-order valence-electron chi connectivity index (χ4n) is 1.09. The van der Waals surface area contributed by atoms with Gasteiger partial charge in [0.2, 0.25) is 0 Å². The van der Waals surface area contributed by atoms with Crippen LogP contribution in [-0.4, -0.2) is 12.7 Å². The van der Waals surface area contributed by atoms with Crippen molar-refractivity contribution in [2.45, 2.75) is 46.6 Å². The van der Waals surface area contributed by atoms with Crippen LogP contribution < -0.4 is 0 Å². The van der Waals surface area contributed by atoms with Crippen molar-refractivity contribution in [2.75, 3.05) is 6.61 Å². The number of allylic oxidation sites excluding steroid dienone is 1. The van der Waals surface area contributed by atoms with Crippen molar-refractivity contribution in [1.29, 1.82) is 0 Å². The van der Waals surface area contributed by atoms with Crippen molar-refractivity contribution in [2.24, 2.45) is 0 Å². The summed E-state index contributed by atoms with van der Waals surface area (Å²) in [6, 6.07) is 0. The second-order valence-corrected chi connectivity index (χ2v) is 3.03. The largest absolute Gasteiger partial charge is 0.374 e. The van der Waals surface area contributed by atoms with E-state index >= 15 is 0 Å². The molecule has 0 radical (unpaired) electrons. The van der Waals surface area contributed by atoms with Crippen molar-refractivity contribution in [3.63, 3.8) is 0 Å². The Bertz CT molecular complexity index is 106. The minimum atomic E-state index is 0.343. The third-order valence-corrected chi connectivity index (χ3v) is 1.47. The van der Waals surface area contributed by atoms with Crippen molar-refractivity contribution >= 4 is 0 Å². The molecule has 66 valence electrons. The fraction of sp³-hybridized carbons (Fsp3) is 0.800. The first-order chi connectivity index (χ1) is 5.20. The highest BCUT2D eigenvalue weighted by Gasteiger charge is 2.01. The van der Waals surface area contributed by atoms with E-state index in [4.69, 9.17) is 4.74 Å². The second kappa shape index (κ2) is 6.41. The first-order valence-electron chi connectivity index (χ1n) is 4.47. The summed E-state index contributed by atoms with van der Waals surface area (Å²) in [7, 11) is 0. The molecule has 1 atom stereocenters. The Balaban J connectivity index is 3.78. The minimum Gasteiger partial charge on any atom is -0.374 e. The van der Waals surface area contributed by atoms with E-state index in [0.717, 1.165) is 13.0 Å². The number of hydrogen-bond acceptors (Lipinski definition) is 1. The van der Waals surface area contributed by atoms with Gasteiger partial charge in [-0.25, -0.2) is 0 Å².